The Morgan fingerprint density at radius 1 is 0.632 bits per heavy atom. The molecular weight excluding hydrogens is 240 g/mol. The molecule has 2 saturated carbocycles. The van der Waals surface area contributed by atoms with Crippen LogP contribution in [0.5, 0.6) is 0 Å². The van der Waals surface area contributed by atoms with Crippen LogP contribution in [0.25, 0.3) is 0 Å². The predicted molar refractivity (Wildman–Crippen MR) is 73.9 cm³/mol. The van der Waals surface area contributed by atoms with E-state index in [0.29, 0.717) is 13.2 Å². The molecule has 3 aliphatic rings. The zero-order chi connectivity index (χ0) is 13.3. The number of hydrogen-bond acceptors (Lipinski definition) is 3. The van der Waals surface area contributed by atoms with Gasteiger partial charge in [-0.1, -0.05) is 38.5 Å². The predicted octanol–water partition coefficient (Wildman–Crippen LogP) is 2.64. The topological polar surface area (TPSA) is 49.7 Å². The van der Waals surface area contributed by atoms with Crippen molar-refractivity contribution in [2.75, 3.05) is 13.2 Å². The Labute approximate surface area is 116 Å². The molecule has 0 bridgehead atoms. The van der Waals surface area contributed by atoms with Crippen molar-refractivity contribution >= 4 is 0 Å². The lowest BCUT2D eigenvalue weighted by molar-refractivity contribution is -0.186. The summed E-state index contributed by atoms with van der Waals surface area (Å²) in [7, 11) is 0. The molecule has 3 heteroatoms. The van der Waals surface area contributed by atoms with Crippen LogP contribution in [0.2, 0.25) is 0 Å². The molecule has 2 N–H and O–H groups in total. The van der Waals surface area contributed by atoms with Crippen LogP contribution in [-0.4, -0.2) is 34.6 Å². The fourth-order valence-electron chi connectivity index (χ4n) is 4.72. The number of hydrogen-bond donors (Lipinski definition) is 2. The van der Waals surface area contributed by atoms with Gasteiger partial charge in [0.2, 0.25) is 0 Å². The molecule has 0 spiro atoms. The van der Waals surface area contributed by atoms with Crippen LogP contribution in [0.15, 0.2) is 0 Å². The van der Waals surface area contributed by atoms with Crippen LogP contribution in [0, 0.1) is 11.8 Å². The highest BCUT2D eigenvalue weighted by atomic mass is 16.5. The van der Waals surface area contributed by atoms with Crippen LogP contribution in [0.1, 0.15) is 64.2 Å². The molecule has 2 aliphatic carbocycles. The average molecular weight is 268 g/mol. The zero-order valence-corrected chi connectivity index (χ0v) is 11.9. The molecule has 19 heavy (non-hydrogen) atoms. The maximum absolute atomic E-state index is 11.2. The van der Waals surface area contributed by atoms with Crippen molar-refractivity contribution in [3.8, 4) is 0 Å². The summed E-state index contributed by atoms with van der Waals surface area (Å²) >= 11 is 0. The normalized spacial score (nSPS) is 42.6. The number of rotatable bonds is 2. The van der Waals surface area contributed by atoms with Crippen LogP contribution in [0.4, 0.5) is 0 Å². The minimum absolute atomic E-state index is 0.232. The van der Waals surface area contributed by atoms with Gasteiger partial charge in [-0.3, -0.25) is 0 Å². The maximum atomic E-state index is 11.2. The van der Waals surface area contributed by atoms with E-state index in [1.54, 1.807) is 0 Å². The van der Waals surface area contributed by atoms with Crippen molar-refractivity contribution in [3.05, 3.63) is 0 Å². The molecule has 0 aromatic carbocycles. The Hall–Kier alpha value is -0.120. The first-order chi connectivity index (χ1) is 9.17. The third kappa shape index (κ3) is 2.24. The Morgan fingerprint density at radius 2 is 1.00 bits per heavy atom. The van der Waals surface area contributed by atoms with Crippen molar-refractivity contribution < 1.29 is 14.9 Å². The van der Waals surface area contributed by atoms with Gasteiger partial charge in [-0.15, -0.1) is 0 Å². The number of ether oxygens (including phenoxy) is 1. The summed E-state index contributed by atoms with van der Waals surface area (Å²) in [5.41, 5.74) is -1.98. The van der Waals surface area contributed by atoms with Gasteiger partial charge in [0.15, 0.2) is 0 Å². The molecule has 3 nitrogen and oxygen atoms in total. The minimum Gasteiger partial charge on any atom is -0.384 e. The first-order valence-corrected chi connectivity index (χ1v) is 8.19. The molecule has 110 valence electrons. The van der Waals surface area contributed by atoms with E-state index >= 15 is 0 Å². The molecule has 0 aromatic heterocycles. The molecule has 0 aromatic rings. The average Bonchev–Trinajstić information content (AvgIpc) is 2.79. The van der Waals surface area contributed by atoms with Gasteiger partial charge in [0, 0.05) is 0 Å². The monoisotopic (exact) mass is 268 g/mol. The maximum Gasteiger partial charge on any atom is 0.122 e. The van der Waals surface area contributed by atoms with Gasteiger partial charge in [0.25, 0.3) is 0 Å². The fourth-order valence-corrected chi connectivity index (χ4v) is 4.72. The van der Waals surface area contributed by atoms with E-state index < -0.39 is 11.2 Å². The third-order valence-corrected chi connectivity index (χ3v) is 5.95. The van der Waals surface area contributed by atoms with Crippen molar-refractivity contribution in [3.63, 3.8) is 0 Å². The molecule has 3 rings (SSSR count). The molecular formula is C16H28O3. The first-order valence-electron chi connectivity index (χ1n) is 8.19. The summed E-state index contributed by atoms with van der Waals surface area (Å²) in [6.45, 7) is 0.676. The highest BCUT2D eigenvalue weighted by Gasteiger charge is 2.61. The smallest absolute Gasteiger partial charge is 0.122 e. The molecule has 1 heterocycles. The van der Waals surface area contributed by atoms with Crippen LogP contribution in [-0.2, 0) is 4.74 Å². The molecule has 2 atom stereocenters. The summed E-state index contributed by atoms with van der Waals surface area (Å²) in [5, 5.41) is 22.4. The largest absolute Gasteiger partial charge is 0.384 e. The van der Waals surface area contributed by atoms with E-state index in [9.17, 15) is 10.2 Å². The van der Waals surface area contributed by atoms with E-state index in [4.69, 9.17) is 4.74 Å². The molecule has 0 radical (unpaired) electrons. The van der Waals surface area contributed by atoms with Crippen molar-refractivity contribution in [1.29, 1.82) is 0 Å². The van der Waals surface area contributed by atoms with E-state index in [-0.39, 0.29) is 11.8 Å². The Morgan fingerprint density at radius 3 is 1.37 bits per heavy atom. The summed E-state index contributed by atoms with van der Waals surface area (Å²) in [5.74, 6) is 0.464. The highest BCUT2D eigenvalue weighted by Crippen LogP contribution is 2.49. The fraction of sp³-hybridized carbons (Fsp3) is 1.00. The van der Waals surface area contributed by atoms with Gasteiger partial charge in [0.1, 0.15) is 11.2 Å². The van der Waals surface area contributed by atoms with Crippen molar-refractivity contribution in [2.24, 2.45) is 11.8 Å². The molecule has 1 aliphatic heterocycles. The van der Waals surface area contributed by atoms with Gasteiger partial charge in [-0.2, -0.15) is 0 Å². The summed E-state index contributed by atoms with van der Waals surface area (Å²) in [6.07, 6.45) is 11.5. The standard InChI is InChI=1S/C16H28O3/c17-15(13-7-3-1-4-8-13)11-19-12-16(15,18)14-9-5-2-6-10-14/h13-14,17-18H,1-12H2. The lowest BCUT2D eigenvalue weighted by atomic mass is 9.63. The van der Waals surface area contributed by atoms with Crippen LogP contribution >= 0.6 is 0 Å². The molecule has 3 fully saturated rings. The molecule has 1 saturated heterocycles. The Bertz CT molecular complexity index is 277. The molecule has 2 unspecified atom stereocenters. The number of aliphatic hydroxyl groups is 2. The summed E-state index contributed by atoms with van der Waals surface area (Å²) in [4.78, 5) is 0. The third-order valence-electron chi connectivity index (χ3n) is 5.95. The van der Waals surface area contributed by atoms with Crippen molar-refractivity contribution in [1.82, 2.24) is 0 Å². The van der Waals surface area contributed by atoms with E-state index in [0.717, 1.165) is 25.7 Å². The minimum atomic E-state index is -0.991. The highest BCUT2D eigenvalue weighted by molar-refractivity contribution is 5.11. The lowest BCUT2D eigenvalue weighted by Gasteiger charge is -2.48. The Balaban J connectivity index is 1.81. The summed E-state index contributed by atoms with van der Waals surface area (Å²) in [6, 6.07) is 0. The SMILES string of the molecule is OC1(C2CCCCC2)COCC1(O)C1CCCCC1. The van der Waals surface area contributed by atoms with Gasteiger partial charge in [0.05, 0.1) is 13.2 Å². The van der Waals surface area contributed by atoms with Gasteiger partial charge >= 0.3 is 0 Å². The summed E-state index contributed by atoms with van der Waals surface area (Å²) < 4.78 is 5.58. The lowest BCUT2D eigenvalue weighted by Crippen LogP contribution is -2.62. The Kier molecular flexibility index (Phi) is 3.89. The van der Waals surface area contributed by atoms with Crippen molar-refractivity contribution in [2.45, 2.75) is 75.4 Å². The van der Waals surface area contributed by atoms with E-state index in [1.165, 1.54) is 38.5 Å². The van der Waals surface area contributed by atoms with E-state index in [1.807, 2.05) is 0 Å². The first kappa shape index (κ1) is 13.8. The molecule has 0 amide bonds. The van der Waals surface area contributed by atoms with Crippen LogP contribution < -0.4 is 0 Å². The second kappa shape index (κ2) is 5.34. The van der Waals surface area contributed by atoms with E-state index in [2.05, 4.69) is 0 Å². The van der Waals surface area contributed by atoms with Gasteiger partial charge in [-0.05, 0) is 37.5 Å². The second-order valence-electron chi connectivity index (χ2n) is 7.01. The quantitative estimate of drug-likeness (QED) is 0.809. The zero-order valence-electron chi connectivity index (χ0n) is 11.9. The second-order valence-corrected chi connectivity index (χ2v) is 7.01. The van der Waals surface area contributed by atoms with Crippen LogP contribution in [0.3, 0.4) is 0 Å². The van der Waals surface area contributed by atoms with Gasteiger partial charge in [-0.25, -0.2) is 0 Å². The van der Waals surface area contributed by atoms with Gasteiger partial charge < -0.3 is 14.9 Å².